The number of carbonyl (C=O) groups is 1. The highest BCUT2D eigenvalue weighted by Crippen LogP contribution is 2.16. The van der Waals surface area contributed by atoms with Gasteiger partial charge in [-0.3, -0.25) is 9.69 Å². The molecule has 1 saturated heterocycles. The van der Waals surface area contributed by atoms with Crippen LogP contribution in [0.5, 0.6) is 0 Å². The van der Waals surface area contributed by atoms with E-state index >= 15 is 0 Å². The summed E-state index contributed by atoms with van der Waals surface area (Å²) in [7, 11) is 0. The summed E-state index contributed by atoms with van der Waals surface area (Å²) in [6.07, 6.45) is 0.888. The number of amides is 1. The van der Waals surface area contributed by atoms with Gasteiger partial charge in [-0.15, -0.1) is 0 Å². The third-order valence-corrected chi connectivity index (χ3v) is 4.20. The third kappa shape index (κ3) is 3.65. The van der Waals surface area contributed by atoms with Gasteiger partial charge < -0.3 is 14.4 Å². The lowest BCUT2D eigenvalue weighted by Crippen LogP contribution is -2.49. The molecule has 2 aromatic rings. The predicted octanol–water partition coefficient (Wildman–Crippen LogP) is 1.64. The molecular formula is C18H19N3O3. The topological polar surface area (TPSA) is 80.7 Å². The van der Waals surface area contributed by atoms with Crippen LogP contribution in [0.3, 0.4) is 0 Å². The van der Waals surface area contributed by atoms with E-state index < -0.39 is 6.10 Å². The quantitative estimate of drug-likeness (QED) is 0.924. The lowest BCUT2D eigenvalue weighted by Gasteiger charge is -2.35. The average molecular weight is 325 g/mol. The average Bonchev–Trinajstić information content (AvgIpc) is 3.16. The molecule has 124 valence electrons. The summed E-state index contributed by atoms with van der Waals surface area (Å²) < 4.78 is 5.21. The van der Waals surface area contributed by atoms with Crippen molar-refractivity contribution in [2.45, 2.75) is 6.10 Å². The number of piperazine rings is 1. The number of carbonyl (C=O) groups excluding carboxylic acids is 1. The summed E-state index contributed by atoms with van der Waals surface area (Å²) in [6.45, 7) is 3.07. The van der Waals surface area contributed by atoms with Gasteiger partial charge >= 0.3 is 0 Å². The first kappa shape index (κ1) is 16.2. The Kier molecular flexibility index (Phi) is 4.94. The zero-order valence-electron chi connectivity index (χ0n) is 13.3. The van der Waals surface area contributed by atoms with Gasteiger partial charge in [0.05, 0.1) is 17.9 Å². The third-order valence-electron chi connectivity index (χ3n) is 4.20. The molecule has 1 aliphatic rings. The molecule has 0 unspecified atom stereocenters. The second-order valence-electron chi connectivity index (χ2n) is 5.82. The molecule has 6 heteroatoms. The van der Waals surface area contributed by atoms with Crippen molar-refractivity contribution in [3.8, 4) is 6.07 Å². The first-order chi connectivity index (χ1) is 11.7. The lowest BCUT2D eigenvalue weighted by atomic mass is 10.1. The largest absolute Gasteiger partial charge is 0.467 e. The maximum atomic E-state index is 12.5. The molecular weight excluding hydrogens is 306 g/mol. The van der Waals surface area contributed by atoms with Gasteiger partial charge in [0.1, 0.15) is 11.9 Å². The van der Waals surface area contributed by atoms with Gasteiger partial charge in [0, 0.05) is 38.3 Å². The Labute approximate surface area is 140 Å². The van der Waals surface area contributed by atoms with Crippen molar-refractivity contribution in [1.82, 2.24) is 9.80 Å². The number of nitriles is 1. The highest BCUT2D eigenvalue weighted by atomic mass is 16.4. The molecule has 0 bridgehead atoms. The summed E-state index contributed by atoms with van der Waals surface area (Å²) in [4.78, 5) is 16.4. The fraction of sp³-hybridized carbons (Fsp3) is 0.333. The molecule has 0 radical (unpaired) electrons. The van der Waals surface area contributed by atoms with E-state index in [0.29, 0.717) is 49.6 Å². The van der Waals surface area contributed by atoms with Gasteiger partial charge in [0.15, 0.2) is 0 Å². The maximum absolute atomic E-state index is 12.5. The standard InChI is InChI=1S/C18H19N3O3/c19-12-14-3-1-4-15(11-14)18(23)21-8-6-20(7-9-21)13-16(22)17-5-2-10-24-17/h1-5,10-11,16,22H,6-9,13H2/t16-/m0/s1. The summed E-state index contributed by atoms with van der Waals surface area (Å²) in [5.74, 6) is 0.500. The Hall–Kier alpha value is -2.62. The first-order valence-corrected chi connectivity index (χ1v) is 7.90. The number of nitrogens with zero attached hydrogens (tertiary/aromatic N) is 3. The van der Waals surface area contributed by atoms with Crippen LogP contribution in [-0.2, 0) is 0 Å². The van der Waals surface area contributed by atoms with Crippen molar-refractivity contribution in [3.63, 3.8) is 0 Å². The van der Waals surface area contributed by atoms with E-state index in [4.69, 9.17) is 9.68 Å². The van der Waals surface area contributed by atoms with Crippen LogP contribution in [0, 0.1) is 11.3 Å². The number of benzene rings is 1. The van der Waals surface area contributed by atoms with Crippen molar-refractivity contribution in [1.29, 1.82) is 5.26 Å². The van der Waals surface area contributed by atoms with Crippen molar-refractivity contribution >= 4 is 5.91 Å². The molecule has 1 aromatic carbocycles. The van der Waals surface area contributed by atoms with Crippen LogP contribution in [0.1, 0.15) is 27.8 Å². The lowest BCUT2D eigenvalue weighted by molar-refractivity contribution is 0.0486. The van der Waals surface area contributed by atoms with E-state index in [1.165, 1.54) is 0 Å². The fourth-order valence-electron chi connectivity index (χ4n) is 2.85. The van der Waals surface area contributed by atoms with Crippen molar-refractivity contribution < 1.29 is 14.3 Å². The SMILES string of the molecule is N#Cc1cccc(C(=O)N2CCN(C[C@H](O)c3ccco3)CC2)c1. The van der Waals surface area contributed by atoms with E-state index in [9.17, 15) is 9.90 Å². The molecule has 0 aliphatic carbocycles. The number of rotatable bonds is 4. The Morgan fingerprint density at radius 1 is 1.25 bits per heavy atom. The molecule has 2 heterocycles. The van der Waals surface area contributed by atoms with E-state index in [2.05, 4.69) is 11.0 Å². The van der Waals surface area contributed by atoms with Crippen LogP contribution in [0.25, 0.3) is 0 Å². The van der Waals surface area contributed by atoms with E-state index in [1.54, 1.807) is 47.6 Å². The minimum atomic E-state index is -0.658. The number of hydrogen-bond acceptors (Lipinski definition) is 5. The summed E-state index contributed by atoms with van der Waals surface area (Å²) in [6, 6.07) is 12.3. The van der Waals surface area contributed by atoms with Gasteiger partial charge in [-0.2, -0.15) is 5.26 Å². The summed E-state index contributed by atoms with van der Waals surface area (Å²) in [5, 5.41) is 19.1. The minimum absolute atomic E-state index is 0.0571. The van der Waals surface area contributed by atoms with Gasteiger partial charge in [-0.05, 0) is 30.3 Å². The zero-order valence-corrected chi connectivity index (χ0v) is 13.3. The zero-order chi connectivity index (χ0) is 16.9. The monoisotopic (exact) mass is 325 g/mol. The van der Waals surface area contributed by atoms with Gasteiger partial charge in [0.2, 0.25) is 0 Å². The molecule has 1 N–H and O–H groups in total. The Morgan fingerprint density at radius 2 is 2.04 bits per heavy atom. The second-order valence-corrected chi connectivity index (χ2v) is 5.82. The molecule has 1 amide bonds. The predicted molar refractivity (Wildman–Crippen MR) is 87.2 cm³/mol. The fourth-order valence-corrected chi connectivity index (χ4v) is 2.85. The summed E-state index contributed by atoms with van der Waals surface area (Å²) in [5.41, 5.74) is 1.03. The van der Waals surface area contributed by atoms with Crippen molar-refractivity contribution in [3.05, 3.63) is 59.5 Å². The van der Waals surface area contributed by atoms with Crippen molar-refractivity contribution in [2.24, 2.45) is 0 Å². The Bertz CT molecular complexity index is 728. The molecule has 0 spiro atoms. The molecule has 0 saturated carbocycles. The summed E-state index contributed by atoms with van der Waals surface area (Å²) >= 11 is 0. The van der Waals surface area contributed by atoms with Gasteiger partial charge in [-0.1, -0.05) is 6.07 Å². The number of hydrogen-bond donors (Lipinski definition) is 1. The number of aliphatic hydroxyl groups excluding tert-OH is 1. The molecule has 1 aliphatic heterocycles. The van der Waals surface area contributed by atoms with E-state index in [0.717, 1.165) is 0 Å². The highest BCUT2D eigenvalue weighted by molar-refractivity contribution is 5.94. The number of β-amino-alcohol motifs (C(OH)–C–C–N with tert-alkyl or cyclic N) is 1. The molecule has 1 fully saturated rings. The van der Waals surface area contributed by atoms with Crippen LogP contribution in [0.2, 0.25) is 0 Å². The maximum Gasteiger partial charge on any atom is 0.253 e. The Morgan fingerprint density at radius 3 is 2.71 bits per heavy atom. The van der Waals surface area contributed by atoms with Crippen LogP contribution in [0.15, 0.2) is 47.1 Å². The second kappa shape index (κ2) is 7.30. The highest BCUT2D eigenvalue weighted by Gasteiger charge is 2.24. The van der Waals surface area contributed by atoms with E-state index in [-0.39, 0.29) is 5.91 Å². The van der Waals surface area contributed by atoms with Gasteiger partial charge in [-0.25, -0.2) is 0 Å². The van der Waals surface area contributed by atoms with Crippen LogP contribution >= 0.6 is 0 Å². The smallest absolute Gasteiger partial charge is 0.253 e. The molecule has 1 aromatic heterocycles. The minimum Gasteiger partial charge on any atom is -0.467 e. The molecule has 1 atom stereocenters. The van der Waals surface area contributed by atoms with Crippen LogP contribution < -0.4 is 0 Å². The number of aliphatic hydroxyl groups is 1. The van der Waals surface area contributed by atoms with Crippen molar-refractivity contribution in [2.75, 3.05) is 32.7 Å². The first-order valence-electron chi connectivity index (χ1n) is 7.90. The molecule has 3 rings (SSSR count). The van der Waals surface area contributed by atoms with Gasteiger partial charge in [0.25, 0.3) is 5.91 Å². The number of furan rings is 1. The molecule has 24 heavy (non-hydrogen) atoms. The van der Waals surface area contributed by atoms with Crippen LogP contribution in [-0.4, -0.2) is 53.5 Å². The molecule has 6 nitrogen and oxygen atoms in total. The Balaban J connectivity index is 1.55. The van der Waals surface area contributed by atoms with E-state index in [1.807, 2.05) is 0 Å². The normalized spacial score (nSPS) is 16.6. The van der Waals surface area contributed by atoms with Crippen LogP contribution in [0.4, 0.5) is 0 Å².